The summed E-state index contributed by atoms with van der Waals surface area (Å²) in [6.07, 6.45) is 2.82. The molecule has 0 saturated heterocycles. The smallest absolute Gasteiger partial charge is 0.193 e. The summed E-state index contributed by atoms with van der Waals surface area (Å²) in [6.45, 7) is 4.60. The van der Waals surface area contributed by atoms with E-state index in [2.05, 4.69) is 25.9 Å². The van der Waals surface area contributed by atoms with Crippen LogP contribution in [0.15, 0.2) is 20.6 Å². The van der Waals surface area contributed by atoms with E-state index in [1.165, 1.54) is 0 Å². The molecule has 7 heteroatoms. The van der Waals surface area contributed by atoms with Crippen molar-refractivity contribution >= 4 is 37.8 Å². The molecule has 1 aromatic rings. The lowest BCUT2D eigenvalue weighted by Gasteiger charge is -2.09. The maximum absolute atomic E-state index is 11.5. The quantitative estimate of drug-likeness (QED) is 0.625. The summed E-state index contributed by atoms with van der Waals surface area (Å²) in [5.74, 6) is 0. The Morgan fingerprint density at radius 1 is 1.56 bits per heavy atom. The fraction of sp³-hybridized carbons (Fsp3) is 0.455. The number of hydrogen-bond acceptors (Lipinski definition) is 4. The number of aliphatic imine (C=N–C) groups is 1. The van der Waals surface area contributed by atoms with Crippen molar-refractivity contribution in [1.82, 2.24) is 9.88 Å². The Balaban J connectivity index is 3.20. The lowest BCUT2D eigenvalue weighted by atomic mass is 10.3. The highest BCUT2D eigenvalue weighted by Gasteiger charge is 2.15. The largest absolute Gasteiger partial charge is 0.366 e. The Morgan fingerprint density at radius 3 is 2.67 bits per heavy atom. The number of hydrogen-bond donors (Lipinski definition) is 0. The van der Waals surface area contributed by atoms with Gasteiger partial charge < -0.3 is 4.90 Å². The molecular weight excluding hydrogens is 318 g/mol. The number of nitrogens with zero attached hydrogens (tertiary/aromatic N) is 3. The fourth-order valence-corrected chi connectivity index (χ4v) is 3.09. The average Bonchev–Trinajstić information content (AvgIpc) is 2.27. The van der Waals surface area contributed by atoms with Crippen molar-refractivity contribution < 1.29 is 8.42 Å². The molecule has 0 unspecified atom stereocenters. The summed E-state index contributed by atoms with van der Waals surface area (Å²) in [6, 6.07) is 1.67. The molecule has 0 atom stereocenters. The van der Waals surface area contributed by atoms with Crippen LogP contribution >= 0.6 is 15.9 Å². The van der Waals surface area contributed by atoms with Crippen LogP contribution in [0.25, 0.3) is 0 Å². The van der Waals surface area contributed by atoms with Gasteiger partial charge in [-0.05, 0) is 35.8 Å². The molecule has 100 valence electrons. The van der Waals surface area contributed by atoms with E-state index in [4.69, 9.17) is 0 Å². The lowest BCUT2D eigenvalue weighted by Crippen LogP contribution is -2.14. The molecule has 5 nitrogen and oxygen atoms in total. The second kappa shape index (κ2) is 5.79. The first-order valence-corrected chi connectivity index (χ1v) is 8.05. The fourth-order valence-electron chi connectivity index (χ4n) is 1.18. The van der Waals surface area contributed by atoms with Gasteiger partial charge in [-0.15, -0.1) is 0 Å². The Morgan fingerprint density at radius 2 is 2.17 bits per heavy atom. The van der Waals surface area contributed by atoms with Crippen LogP contribution in [0.3, 0.4) is 0 Å². The minimum atomic E-state index is -3.33. The van der Waals surface area contributed by atoms with E-state index in [0.717, 1.165) is 12.8 Å². The summed E-state index contributed by atoms with van der Waals surface area (Å²) in [5, 5.41) is 0.0443. The van der Waals surface area contributed by atoms with Crippen molar-refractivity contribution in [2.45, 2.75) is 18.9 Å². The average molecular weight is 334 g/mol. The van der Waals surface area contributed by atoms with Gasteiger partial charge in [0, 0.05) is 19.8 Å². The number of aromatic nitrogens is 1. The zero-order valence-electron chi connectivity index (χ0n) is 10.8. The summed E-state index contributed by atoms with van der Waals surface area (Å²) in [7, 11) is -1.42. The number of aryl methyl sites for hydroxylation is 1. The van der Waals surface area contributed by atoms with Gasteiger partial charge in [0.2, 0.25) is 0 Å². The van der Waals surface area contributed by atoms with Crippen LogP contribution in [0.5, 0.6) is 0 Å². The second-order valence-electron chi connectivity index (χ2n) is 3.97. The first-order chi connectivity index (χ1) is 8.25. The third-order valence-electron chi connectivity index (χ3n) is 2.35. The van der Waals surface area contributed by atoms with Crippen molar-refractivity contribution in [3.8, 4) is 0 Å². The van der Waals surface area contributed by atoms with Crippen molar-refractivity contribution in [3.63, 3.8) is 0 Å². The zero-order valence-corrected chi connectivity index (χ0v) is 13.2. The Hall–Kier alpha value is -0.950. The van der Waals surface area contributed by atoms with E-state index >= 15 is 0 Å². The van der Waals surface area contributed by atoms with Crippen LogP contribution in [0.1, 0.15) is 12.6 Å². The van der Waals surface area contributed by atoms with Crippen molar-refractivity contribution in [2.75, 3.05) is 19.8 Å². The molecule has 0 spiro atoms. The van der Waals surface area contributed by atoms with E-state index in [0.29, 0.717) is 15.9 Å². The van der Waals surface area contributed by atoms with Gasteiger partial charge in [0.15, 0.2) is 14.9 Å². The maximum Gasteiger partial charge on any atom is 0.193 e. The van der Waals surface area contributed by atoms with Crippen LogP contribution in [-0.4, -0.2) is 44.5 Å². The number of rotatable bonds is 4. The predicted molar refractivity (Wildman–Crippen MR) is 76.2 cm³/mol. The third-order valence-corrected chi connectivity index (χ3v) is 4.23. The van der Waals surface area contributed by atoms with Crippen LogP contribution in [0.2, 0.25) is 0 Å². The Kier molecular flexibility index (Phi) is 4.86. The van der Waals surface area contributed by atoms with Gasteiger partial charge in [0.05, 0.1) is 22.2 Å². The summed E-state index contributed by atoms with van der Waals surface area (Å²) in [4.78, 5) is 10.3. The van der Waals surface area contributed by atoms with Crippen LogP contribution < -0.4 is 0 Å². The molecule has 0 bridgehead atoms. The molecule has 0 aliphatic carbocycles. The lowest BCUT2D eigenvalue weighted by molar-refractivity contribution is 0.552. The van der Waals surface area contributed by atoms with Gasteiger partial charge in [-0.3, -0.25) is 0 Å². The minimum Gasteiger partial charge on any atom is -0.366 e. The van der Waals surface area contributed by atoms with Gasteiger partial charge in [-0.2, -0.15) is 0 Å². The summed E-state index contributed by atoms with van der Waals surface area (Å²) < 4.78 is 23.4. The van der Waals surface area contributed by atoms with Crippen molar-refractivity contribution in [1.29, 1.82) is 0 Å². The standard InChI is InChI=1S/C11H16BrN3O2S/c1-5-15(3)7-13-10-6-9(12)11(14-8(10)2)18(4,16)17/h6-7H,5H2,1-4H3. The van der Waals surface area contributed by atoms with Crippen LogP contribution in [0, 0.1) is 6.92 Å². The molecule has 1 rings (SSSR count). The first kappa shape index (κ1) is 15.1. The molecule has 1 aromatic heterocycles. The molecular formula is C11H16BrN3O2S. The molecule has 0 aliphatic rings. The van der Waals surface area contributed by atoms with Crippen molar-refractivity contribution in [3.05, 3.63) is 16.2 Å². The Bertz CT molecular complexity index is 570. The molecule has 0 saturated carbocycles. The van der Waals surface area contributed by atoms with E-state index in [1.807, 2.05) is 18.9 Å². The molecule has 0 radical (unpaired) electrons. The van der Waals surface area contributed by atoms with Gasteiger partial charge in [0.1, 0.15) is 0 Å². The van der Waals surface area contributed by atoms with Gasteiger partial charge in [-0.1, -0.05) is 0 Å². The highest BCUT2D eigenvalue weighted by molar-refractivity contribution is 9.10. The predicted octanol–water partition coefficient (Wildman–Crippen LogP) is 2.17. The first-order valence-electron chi connectivity index (χ1n) is 5.37. The van der Waals surface area contributed by atoms with E-state index in [9.17, 15) is 8.42 Å². The molecule has 0 aliphatic heterocycles. The van der Waals surface area contributed by atoms with Gasteiger partial charge >= 0.3 is 0 Å². The SMILES string of the molecule is CCN(C)C=Nc1cc(Br)c(S(C)(=O)=O)nc1C. The molecule has 18 heavy (non-hydrogen) atoms. The highest BCUT2D eigenvalue weighted by atomic mass is 79.9. The number of halogens is 1. The van der Waals surface area contributed by atoms with E-state index < -0.39 is 9.84 Å². The maximum atomic E-state index is 11.5. The second-order valence-corrected chi connectivity index (χ2v) is 6.76. The summed E-state index contributed by atoms with van der Waals surface area (Å²) >= 11 is 3.21. The molecule has 0 amide bonds. The highest BCUT2D eigenvalue weighted by Crippen LogP contribution is 2.27. The van der Waals surface area contributed by atoms with E-state index in [-0.39, 0.29) is 5.03 Å². The summed E-state index contributed by atoms with van der Waals surface area (Å²) in [5.41, 5.74) is 1.23. The topological polar surface area (TPSA) is 62.6 Å². The number of sulfone groups is 1. The van der Waals surface area contributed by atoms with E-state index in [1.54, 1.807) is 19.3 Å². The molecule has 0 N–H and O–H groups in total. The molecule has 0 aromatic carbocycles. The van der Waals surface area contributed by atoms with Crippen molar-refractivity contribution in [2.24, 2.45) is 4.99 Å². The number of pyridine rings is 1. The van der Waals surface area contributed by atoms with Gasteiger partial charge in [-0.25, -0.2) is 18.4 Å². The monoisotopic (exact) mass is 333 g/mol. The van der Waals surface area contributed by atoms with Crippen LogP contribution in [-0.2, 0) is 9.84 Å². The van der Waals surface area contributed by atoms with Gasteiger partial charge in [0.25, 0.3) is 0 Å². The normalized spacial score (nSPS) is 12.1. The Labute approximate surface area is 116 Å². The molecule has 0 fully saturated rings. The third kappa shape index (κ3) is 3.78. The zero-order chi connectivity index (χ0) is 13.9. The molecule has 1 heterocycles. The van der Waals surface area contributed by atoms with Crippen LogP contribution in [0.4, 0.5) is 5.69 Å². The minimum absolute atomic E-state index is 0.0443.